The molecule has 0 bridgehead atoms. The molecular formula is C22H25N5O2S. The molecule has 1 aromatic carbocycles. The Morgan fingerprint density at radius 1 is 1.17 bits per heavy atom. The van der Waals surface area contributed by atoms with E-state index in [4.69, 9.17) is 0 Å². The third-order valence-electron chi connectivity index (χ3n) is 6.40. The largest absolute Gasteiger partial charge is 0.353 e. The number of fused-ring (bicyclic) bond motifs is 3. The number of piperazine rings is 1. The number of carbonyl (C=O) groups is 2. The molecule has 3 aliphatic rings. The first-order chi connectivity index (χ1) is 14.6. The monoisotopic (exact) mass is 423 g/mol. The molecule has 30 heavy (non-hydrogen) atoms. The SMILES string of the molecule is CCC12CC1c1c(ncnc1N1CCN(C(=O)CC(=O)Nc3ccccc3)CC1)S2. The van der Waals surface area contributed by atoms with E-state index < -0.39 is 0 Å². The quantitative estimate of drug-likeness (QED) is 0.589. The third kappa shape index (κ3) is 3.43. The van der Waals surface area contributed by atoms with Crippen molar-refractivity contribution in [2.75, 3.05) is 36.4 Å². The molecule has 2 atom stereocenters. The second-order valence-electron chi connectivity index (χ2n) is 8.15. The normalized spacial score (nSPS) is 24.2. The van der Waals surface area contributed by atoms with E-state index >= 15 is 0 Å². The molecule has 156 valence electrons. The summed E-state index contributed by atoms with van der Waals surface area (Å²) in [4.78, 5) is 38.0. The minimum absolute atomic E-state index is 0.126. The zero-order valence-corrected chi connectivity index (χ0v) is 17.8. The highest BCUT2D eigenvalue weighted by molar-refractivity contribution is 8.01. The first-order valence-corrected chi connectivity index (χ1v) is 11.3. The van der Waals surface area contributed by atoms with Gasteiger partial charge >= 0.3 is 0 Å². The van der Waals surface area contributed by atoms with E-state index in [1.54, 1.807) is 11.2 Å². The minimum atomic E-state index is -0.274. The van der Waals surface area contributed by atoms with E-state index in [2.05, 4.69) is 27.1 Å². The van der Waals surface area contributed by atoms with Gasteiger partial charge in [0, 0.05) is 48.1 Å². The summed E-state index contributed by atoms with van der Waals surface area (Å²) in [5.74, 6) is 1.21. The fourth-order valence-corrected chi connectivity index (χ4v) is 6.06. The number of thioether (sulfide) groups is 1. The fraction of sp³-hybridized carbons (Fsp3) is 0.455. The Labute approximate surface area is 180 Å². The van der Waals surface area contributed by atoms with Crippen molar-refractivity contribution >= 4 is 35.1 Å². The molecule has 2 amide bonds. The smallest absolute Gasteiger partial charge is 0.233 e. The van der Waals surface area contributed by atoms with Crippen molar-refractivity contribution in [3.63, 3.8) is 0 Å². The van der Waals surface area contributed by atoms with Crippen molar-refractivity contribution in [3.8, 4) is 0 Å². The standard InChI is InChI=1S/C22H25N5O2S/c1-2-22-13-16(22)19-20(23-14-24-21(19)30-22)27-10-8-26(9-11-27)18(29)12-17(28)25-15-6-4-3-5-7-15/h3-7,14,16H,2,8-13H2,1H3,(H,25,28). The Bertz CT molecular complexity index is 977. The molecule has 1 saturated heterocycles. The number of benzene rings is 1. The molecule has 1 saturated carbocycles. The minimum Gasteiger partial charge on any atom is -0.353 e. The second kappa shape index (κ2) is 7.58. The van der Waals surface area contributed by atoms with Gasteiger partial charge < -0.3 is 15.1 Å². The number of hydrogen-bond donors (Lipinski definition) is 1. The maximum Gasteiger partial charge on any atom is 0.233 e. The summed E-state index contributed by atoms with van der Waals surface area (Å²) in [5, 5.41) is 3.91. The summed E-state index contributed by atoms with van der Waals surface area (Å²) in [5.41, 5.74) is 2.02. The van der Waals surface area contributed by atoms with Gasteiger partial charge in [-0.1, -0.05) is 36.9 Å². The van der Waals surface area contributed by atoms with Crippen molar-refractivity contribution in [3.05, 3.63) is 42.2 Å². The van der Waals surface area contributed by atoms with Crippen LogP contribution in [-0.4, -0.2) is 57.6 Å². The molecule has 2 aliphatic heterocycles. The zero-order valence-electron chi connectivity index (χ0n) is 17.0. The van der Waals surface area contributed by atoms with Gasteiger partial charge in [-0.25, -0.2) is 9.97 Å². The van der Waals surface area contributed by atoms with Crippen molar-refractivity contribution < 1.29 is 9.59 Å². The Balaban J connectivity index is 1.18. The van der Waals surface area contributed by atoms with E-state index in [1.807, 2.05) is 42.1 Å². The van der Waals surface area contributed by atoms with Gasteiger partial charge in [0.05, 0.1) is 0 Å². The molecule has 7 nitrogen and oxygen atoms in total. The molecule has 2 aromatic rings. The summed E-state index contributed by atoms with van der Waals surface area (Å²) < 4.78 is 0.344. The van der Waals surface area contributed by atoms with Gasteiger partial charge in [0.25, 0.3) is 0 Å². The number of nitrogens with zero attached hydrogens (tertiary/aromatic N) is 4. The van der Waals surface area contributed by atoms with Gasteiger partial charge in [0.15, 0.2) is 0 Å². The van der Waals surface area contributed by atoms with E-state index in [0.717, 1.165) is 30.4 Å². The molecule has 2 unspecified atom stereocenters. The highest BCUT2D eigenvalue weighted by atomic mass is 32.2. The number of para-hydroxylation sites is 1. The summed E-state index contributed by atoms with van der Waals surface area (Å²) >= 11 is 1.92. The van der Waals surface area contributed by atoms with Gasteiger partial charge in [-0.2, -0.15) is 0 Å². The lowest BCUT2D eigenvalue weighted by atomic mass is 10.1. The second-order valence-corrected chi connectivity index (χ2v) is 9.56. The first-order valence-electron chi connectivity index (χ1n) is 10.5. The molecular weight excluding hydrogens is 398 g/mol. The highest BCUT2D eigenvalue weighted by Gasteiger charge is 2.61. The molecule has 5 rings (SSSR count). The summed E-state index contributed by atoms with van der Waals surface area (Å²) in [6.45, 7) is 4.92. The van der Waals surface area contributed by atoms with Crippen molar-refractivity contribution in [2.24, 2.45) is 0 Å². The zero-order chi connectivity index (χ0) is 20.7. The predicted molar refractivity (Wildman–Crippen MR) is 117 cm³/mol. The van der Waals surface area contributed by atoms with Crippen LogP contribution in [0.4, 0.5) is 11.5 Å². The number of aromatic nitrogens is 2. The topological polar surface area (TPSA) is 78.4 Å². The van der Waals surface area contributed by atoms with Crippen molar-refractivity contribution in [1.82, 2.24) is 14.9 Å². The third-order valence-corrected chi connectivity index (χ3v) is 8.06. The molecule has 1 aromatic heterocycles. The van der Waals surface area contributed by atoms with Crippen LogP contribution < -0.4 is 10.2 Å². The number of amides is 2. The summed E-state index contributed by atoms with van der Waals surface area (Å²) in [6, 6.07) is 9.22. The van der Waals surface area contributed by atoms with Gasteiger partial charge in [-0.15, -0.1) is 0 Å². The van der Waals surface area contributed by atoms with Crippen LogP contribution in [0.2, 0.25) is 0 Å². The molecule has 0 radical (unpaired) electrons. The molecule has 2 fully saturated rings. The average molecular weight is 424 g/mol. The van der Waals surface area contributed by atoms with Crippen LogP contribution in [0.15, 0.2) is 41.7 Å². The fourth-order valence-electron chi connectivity index (χ4n) is 4.57. The van der Waals surface area contributed by atoms with Crippen LogP contribution in [0.5, 0.6) is 0 Å². The van der Waals surface area contributed by atoms with E-state index in [-0.39, 0.29) is 18.2 Å². The van der Waals surface area contributed by atoms with Gasteiger partial charge in [0.1, 0.15) is 23.6 Å². The predicted octanol–water partition coefficient (Wildman–Crippen LogP) is 2.90. The Morgan fingerprint density at radius 2 is 1.93 bits per heavy atom. The van der Waals surface area contributed by atoms with Crippen LogP contribution in [0.3, 0.4) is 0 Å². The molecule has 0 spiro atoms. The van der Waals surface area contributed by atoms with Crippen molar-refractivity contribution in [2.45, 2.75) is 41.9 Å². The lowest BCUT2D eigenvalue weighted by Crippen LogP contribution is -2.49. The number of anilines is 2. The molecule has 1 aliphatic carbocycles. The van der Waals surface area contributed by atoms with Crippen LogP contribution in [0, 0.1) is 0 Å². The molecule has 3 heterocycles. The Kier molecular flexibility index (Phi) is 4.89. The van der Waals surface area contributed by atoms with Gasteiger partial charge in [0.2, 0.25) is 11.8 Å². The Morgan fingerprint density at radius 3 is 2.67 bits per heavy atom. The van der Waals surface area contributed by atoms with E-state index in [1.165, 1.54) is 12.0 Å². The summed E-state index contributed by atoms with van der Waals surface area (Å²) in [6.07, 6.45) is 3.91. The molecule has 8 heteroatoms. The molecule has 1 N–H and O–H groups in total. The number of hydrogen-bond acceptors (Lipinski definition) is 6. The highest BCUT2D eigenvalue weighted by Crippen LogP contribution is 2.71. The van der Waals surface area contributed by atoms with Gasteiger partial charge in [-0.3, -0.25) is 9.59 Å². The van der Waals surface area contributed by atoms with Crippen LogP contribution in [-0.2, 0) is 9.59 Å². The average Bonchev–Trinajstić information content (AvgIpc) is 3.39. The van der Waals surface area contributed by atoms with E-state index in [0.29, 0.717) is 29.4 Å². The maximum atomic E-state index is 12.6. The lowest BCUT2D eigenvalue weighted by Gasteiger charge is -2.36. The number of carbonyl (C=O) groups excluding carboxylic acids is 2. The van der Waals surface area contributed by atoms with Crippen LogP contribution >= 0.6 is 11.8 Å². The first kappa shape index (κ1) is 19.4. The maximum absolute atomic E-state index is 12.6. The lowest BCUT2D eigenvalue weighted by molar-refractivity contribution is -0.134. The van der Waals surface area contributed by atoms with Crippen LogP contribution in [0.1, 0.15) is 37.7 Å². The number of rotatable bonds is 5. The number of nitrogens with one attached hydrogen (secondary N) is 1. The summed E-state index contributed by atoms with van der Waals surface area (Å²) in [7, 11) is 0. The van der Waals surface area contributed by atoms with Crippen LogP contribution in [0.25, 0.3) is 0 Å². The van der Waals surface area contributed by atoms with E-state index in [9.17, 15) is 9.59 Å². The van der Waals surface area contributed by atoms with Gasteiger partial charge in [-0.05, 0) is 25.0 Å². The Hall–Kier alpha value is -2.61. The van der Waals surface area contributed by atoms with Crippen molar-refractivity contribution in [1.29, 1.82) is 0 Å².